The Balaban J connectivity index is 1.78. The molecule has 0 fully saturated rings. The van der Waals surface area contributed by atoms with E-state index in [1.165, 1.54) is 13.2 Å². The Bertz CT molecular complexity index is 1260. The summed E-state index contributed by atoms with van der Waals surface area (Å²) in [6, 6.07) is 24.3. The summed E-state index contributed by atoms with van der Waals surface area (Å²) < 4.78 is 12.2. The van der Waals surface area contributed by atoms with Gasteiger partial charge in [-0.3, -0.25) is 4.79 Å². The number of nitriles is 2. The van der Waals surface area contributed by atoms with Crippen molar-refractivity contribution in [1.82, 2.24) is 5.32 Å². The third-order valence-electron chi connectivity index (χ3n) is 4.73. The van der Waals surface area contributed by atoms with Gasteiger partial charge in [0.1, 0.15) is 18.2 Å². The maximum absolute atomic E-state index is 12.5. The minimum Gasteiger partial charge on any atom is -0.493 e. The van der Waals surface area contributed by atoms with Crippen LogP contribution in [0.15, 0.2) is 72.3 Å². The van der Waals surface area contributed by atoms with Crippen molar-refractivity contribution in [2.45, 2.75) is 13.2 Å². The summed E-state index contributed by atoms with van der Waals surface area (Å²) >= 11 is 2.11. The fourth-order valence-electron chi connectivity index (χ4n) is 3.06. The van der Waals surface area contributed by atoms with Gasteiger partial charge in [-0.15, -0.1) is 0 Å². The van der Waals surface area contributed by atoms with Gasteiger partial charge in [-0.1, -0.05) is 48.5 Å². The third-order valence-corrected chi connectivity index (χ3v) is 5.53. The van der Waals surface area contributed by atoms with Crippen molar-refractivity contribution >= 4 is 34.6 Å². The largest absolute Gasteiger partial charge is 0.493 e. The number of hydrogen-bond acceptors (Lipinski definition) is 5. The van der Waals surface area contributed by atoms with Crippen molar-refractivity contribution in [2.24, 2.45) is 0 Å². The molecule has 0 saturated heterocycles. The molecule has 0 bridgehead atoms. The first-order chi connectivity index (χ1) is 16.0. The Morgan fingerprint density at radius 2 is 1.82 bits per heavy atom. The number of carbonyl (C=O) groups is 1. The molecule has 33 heavy (non-hydrogen) atoms. The second kappa shape index (κ2) is 11.7. The molecule has 7 heteroatoms. The van der Waals surface area contributed by atoms with E-state index < -0.39 is 5.91 Å². The Labute approximate surface area is 206 Å². The number of carbonyl (C=O) groups excluding carboxylic acids is 1. The molecule has 3 rings (SSSR count). The van der Waals surface area contributed by atoms with E-state index in [1.807, 2.05) is 48.5 Å². The highest BCUT2D eigenvalue weighted by Crippen LogP contribution is 2.35. The monoisotopic (exact) mass is 549 g/mol. The number of methoxy groups -OCH3 is 1. The molecule has 0 unspecified atom stereocenters. The van der Waals surface area contributed by atoms with Crippen molar-refractivity contribution in [3.8, 4) is 23.6 Å². The number of ether oxygens (including phenoxy) is 2. The van der Waals surface area contributed by atoms with E-state index in [0.29, 0.717) is 29.2 Å². The van der Waals surface area contributed by atoms with Crippen LogP contribution in [-0.2, 0) is 17.9 Å². The smallest absolute Gasteiger partial charge is 0.262 e. The molecule has 0 aliphatic heterocycles. The molecule has 164 valence electrons. The average Bonchev–Trinajstić information content (AvgIpc) is 2.85. The number of hydrogen-bond donors (Lipinski definition) is 1. The zero-order chi connectivity index (χ0) is 23.6. The maximum atomic E-state index is 12.5. The highest BCUT2D eigenvalue weighted by molar-refractivity contribution is 14.1. The minimum absolute atomic E-state index is 0.0135. The minimum atomic E-state index is -0.455. The molecule has 3 aromatic carbocycles. The van der Waals surface area contributed by atoms with Crippen LogP contribution in [0, 0.1) is 26.2 Å². The van der Waals surface area contributed by atoms with Crippen molar-refractivity contribution in [1.29, 1.82) is 10.5 Å². The van der Waals surface area contributed by atoms with Crippen molar-refractivity contribution < 1.29 is 14.3 Å². The first-order valence-corrected chi connectivity index (χ1v) is 11.1. The van der Waals surface area contributed by atoms with Crippen LogP contribution >= 0.6 is 22.6 Å². The van der Waals surface area contributed by atoms with Crippen LogP contribution in [0.4, 0.5) is 0 Å². The lowest BCUT2D eigenvalue weighted by Gasteiger charge is -2.14. The molecule has 3 aromatic rings. The predicted molar refractivity (Wildman–Crippen MR) is 133 cm³/mol. The molecule has 0 spiro atoms. The van der Waals surface area contributed by atoms with E-state index >= 15 is 0 Å². The summed E-state index contributed by atoms with van der Waals surface area (Å²) in [7, 11) is 1.52. The lowest BCUT2D eigenvalue weighted by atomic mass is 10.1. The number of rotatable bonds is 8. The van der Waals surface area contributed by atoms with Gasteiger partial charge >= 0.3 is 0 Å². The molecule has 0 atom stereocenters. The maximum Gasteiger partial charge on any atom is 0.262 e. The van der Waals surface area contributed by atoms with Crippen LogP contribution in [0.3, 0.4) is 0 Å². The third kappa shape index (κ3) is 6.34. The van der Waals surface area contributed by atoms with Gasteiger partial charge in [0.05, 0.1) is 22.3 Å². The van der Waals surface area contributed by atoms with Gasteiger partial charge < -0.3 is 14.8 Å². The summed E-state index contributed by atoms with van der Waals surface area (Å²) in [5.41, 5.74) is 2.88. The molecular formula is C26H20IN3O3. The summed E-state index contributed by atoms with van der Waals surface area (Å²) in [5.74, 6) is 0.531. The van der Waals surface area contributed by atoms with Crippen LogP contribution in [0.5, 0.6) is 11.5 Å². The summed E-state index contributed by atoms with van der Waals surface area (Å²) in [6.45, 7) is 0.535. The summed E-state index contributed by atoms with van der Waals surface area (Å²) in [6.07, 6.45) is 1.51. The van der Waals surface area contributed by atoms with Gasteiger partial charge in [0.2, 0.25) is 0 Å². The van der Waals surface area contributed by atoms with Gasteiger partial charge in [-0.2, -0.15) is 10.5 Å². The van der Waals surface area contributed by atoms with E-state index in [2.05, 4.69) is 34.0 Å². The van der Waals surface area contributed by atoms with Gasteiger partial charge in [0, 0.05) is 12.1 Å². The van der Waals surface area contributed by atoms with E-state index in [4.69, 9.17) is 9.47 Å². The molecule has 0 aliphatic carbocycles. The Morgan fingerprint density at radius 3 is 2.52 bits per heavy atom. The number of nitrogens with one attached hydrogen (secondary N) is 1. The molecule has 1 N–H and O–H groups in total. The fraction of sp³-hybridized carbons (Fsp3) is 0.115. The lowest BCUT2D eigenvalue weighted by Crippen LogP contribution is -2.23. The molecule has 1 amide bonds. The van der Waals surface area contributed by atoms with E-state index in [0.717, 1.165) is 14.7 Å². The zero-order valence-corrected chi connectivity index (χ0v) is 20.0. The molecule has 0 aliphatic rings. The number of nitrogens with zero attached hydrogens (tertiary/aromatic N) is 2. The van der Waals surface area contributed by atoms with Crippen LogP contribution in [-0.4, -0.2) is 13.0 Å². The predicted octanol–water partition coefficient (Wildman–Crippen LogP) is 4.97. The first-order valence-electron chi connectivity index (χ1n) is 9.98. The van der Waals surface area contributed by atoms with Crippen molar-refractivity contribution in [3.63, 3.8) is 0 Å². The van der Waals surface area contributed by atoms with Crippen molar-refractivity contribution in [2.75, 3.05) is 7.11 Å². The van der Waals surface area contributed by atoms with Gasteiger partial charge in [0.25, 0.3) is 5.91 Å². The number of halogens is 1. The fourth-order valence-corrected chi connectivity index (χ4v) is 3.84. The van der Waals surface area contributed by atoms with Gasteiger partial charge in [-0.05, 0) is 58.0 Å². The number of amides is 1. The topological polar surface area (TPSA) is 95.1 Å². The van der Waals surface area contributed by atoms with Crippen LogP contribution in [0.1, 0.15) is 22.3 Å². The molecule has 6 nitrogen and oxygen atoms in total. The Kier molecular flexibility index (Phi) is 8.45. The molecule has 0 saturated carbocycles. The molecule has 0 radical (unpaired) electrons. The zero-order valence-electron chi connectivity index (χ0n) is 17.8. The first kappa shape index (κ1) is 23.8. The van der Waals surface area contributed by atoms with Gasteiger partial charge in [-0.25, -0.2) is 0 Å². The summed E-state index contributed by atoms with van der Waals surface area (Å²) in [4.78, 5) is 12.5. The van der Waals surface area contributed by atoms with Gasteiger partial charge in [0.15, 0.2) is 11.5 Å². The van der Waals surface area contributed by atoms with E-state index in [9.17, 15) is 15.3 Å². The Hall–Kier alpha value is -3.82. The summed E-state index contributed by atoms with van der Waals surface area (Å²) in [5, 5.41) is 21.5. The second-order valence-electron chi connectivity index (χ2n) is 6.93. The standard InChI is InChI=1S/C26H20IN3O3/c1-32-24-13-19(11-22(15-29)26(31)30-16-18-7-3-2-4-8-18)12-23(27)25(24)33-17-21-10-6-5-9-20(21)14-28/h2-13H,16-17H2,1H3,(H,30,31)/b22-11-. The molecular weight excluding hydrogens is 529 g/mol. The van der Waals surface area contributed by atoms with E-state index in [1.54, 1.807) is 24.3 Å². The second-order valence-corrected chi connectivity index (χ2v) is 8.09. The average molecular weight is 549 g/mol. The highest BCUT2D eigenvalue weighted by Gasteiger charge is 2.14. The number of benzene rings is 3. The lowest BCUT2D eigenvalue weighted by molar-refractivity contribution is -0.117. The normalized spacial score (nSPS) is 10.6. The van der Waals surface area contributed by atoms with E-state index in [-0.39, 0.29) is 12.2 Å². The van der Waals surface area contributed by atoms with Crippen LogP contribution in [0.25, 0.3) is 6.08 Å². The quantitative estimate of drug-likeness (QED) is 0.243. The SMILES string of the molecule is COc1cc(/C=C(/C#N)C(=O)NCc2ccccc2)cc(I)c1OCc1ccccc1C#N. The molecule has 0 aromatic heterocycles. The highest BCUT2D eigenvalue weighted by atomic mass is 127. The Morgan fingerprint density at radius 1 is 1.09 bits per heavy atom. The molecule has 0 heterocycles. The van der Waals surface area contributed by atoms with Crippen molar-refractivity contribution in [3.05, 3.63) is 98.1 Å². The van der Waals surface area contributed by atoms with Crippen LogP contribution < -0.4 is 14.8 Å². The van der Waals surface area contributed by atoms with Crippen LogP contribution in [0.2, 0.25) is 0 Å².